The van der Waals surface area contributed by atoms with Gasteiger partial charge in [0.05, 0.1) is 0 Å². The summed E-state index contributed by atoms with van der Waals surface area (Å²) in [4.78, 5) is 9.58. The van der Waals surface area contributed by atoms with Crippen LogP contribution in [0.4, 0.5) is 0 Å². The Labute approximate surface area is 126 Å². The van der Waals surface area contributed by atoms with Crippen LogP contribution < -0.4 is 18.4 Å². The van der Waals surface area contributed by atoms with E-state index in [1.54, 1.807) is 0 Å². The zero-order valence-electron chi connectivity index (χ0n) is 13.0. The van der Waals surface area contributed by atoms with Crippen molar-refractivity contribution >= 4 is 0 Å². The summed E-state index contributed by atoms with van der Waals surface area (Å²) in [6, 6.07) is 3.92. The second kappa shape index (κ2) is 6.95. The van der Waals surface area contributed by atoms with Gasteiger partial charge < -0.3 is 0 Å². The topological polar surface area (TPSA) is 50.8 Å². The van der Waals surface area contributed by atoms with Crippen LogP contribution in [0.25, 0.3) is 0 Å². The second-order valence-electron chi connectivity index (χ2n) is 5.76. The predicted octanol–water partition coefficient (Wildman–Crippen LogP) is -0.107. The molecule has 0 unspecified atom stereocenters. The van der Waals surface area contributed by atoms with Crippen LogP contribution in [-0.2, 0) is 0 Å². The van der Waals surface area contributed by atoms with Crippen molar-refractivity contribution in [2.24, 2.45) is 0 Å². The van der Waals surface area contributed by atoms with E-state index in [2.05, 4.69) is 19.7 Å². The van der Waals surface area contributed by atoms with Gasteiger partial charge in [0.25, 0.3) is 0 Å². The first-order valence-electron chi connectivity index (χ1n) is 6.52. The summed E-state index contributed by atoms with van der Waals surface area (Å²) in [5.41, 5.74) is 3.15. The standard InChI is InChI=1S/C16H23IN3/c1-13-9-15(16(11-18)12-19)10-14(2)20(13)8-6-7-17(3,4)5/h9-10H,6-8H2,1-5H3/q-1. The van der Waals surface area contributed by atoms with Gasteiger partial charge >= 0.3 is 127 Å². The third kappa shape index (κ3) is 4.68. The van der Waals surface area contributed by atoms with Gasteiger partial charge in [-0.25, -0.2) is 0 Å². The Morgan fingerprint density at radius 3 is 2.00 bits per heavy atom. The van der Waals surface area contributed by atoms with Crippen LogP contribution in [-0.4, -0.2) is 30.7 Å². The van der Waals surface area contributed by atoms with Gasteiger partial charge in [0.1, 0.15) is 0 Å². The molecular weight excluding hydrogens is 361 g/mol. The molecule has 0 atom stereocenters. The first-order chi connectivity index (χ1) is 9.28. The predicted molar refractivity (Wildman–Crippen MR) is 79.7 cm³/mol. The fourth-order valence-corrected chi connectivity index (χ4v) is 4.83. The van der Waals surface area contributed by atoms with Crippen LogP contribution in [0, 0.1) is 22.7 Å². The molecule has 0 saturated heterocycles. The molecule has 0 spiro atoms. The van der Waals surface area contributed by atoms with E-state index >= 15 is 0 Å². The number of hydrogen-bond donors (Lipinski definition) is 0. The Morgan fingerprint density at radius 1 is 1.10 bits per heavy atom. The molecule has 1 heterocycles. The van der Waals surface area contributed by atoms with E-state index in [9.17, 15) is 0 Å². The van der Waals surface area contributed by atoms with E-state index in [-0.39, 0.29) is 5.57 Å². The van der Waals surface area contributed by atoms with Crippen molar-refractivity contribution in [1.29, 1.82) is 10.5 Å². The third-order valence-electron chi connectivity index (χ3n) is 3.17. The van der Waals surface area contributed by atoms with Gasteiger partial charge in [0, 0.05) is 0 Å². The van der Waals surface area contributed by atoms with Crippen LogP contribution >= 0.6 is 0 Å². The monoisotopic (exact) mass is 384 g/mol. The molecule has 4 heteroatoms. The summed E-state index contributed by atoms with van der Waals surface area (Å²) in [6.45, 7) is 5.11. The van der Waals surface area contributed by atoms with Gasteiger partial charge in [-0.2, -0.15) is 0 Å². The Kier molecular flexibility index (Phi) is 5.83. The van der Waals surface area contributed by atoms with Gasteiger partial charge in [-0.15, -0.1) is 0 Å². The number of hydrogen-bond acceptors (Lipinski definition) is 3. The van der Waals surface area contributed by atoms with E-state index in [1.165, 1.54) is 10.8 Å². The number of allylic oxidation sites excluding steroid dienone is 6. The molecule has 0 bridgehead atoms. The third-order valence-corrected chi connectivity index (χ3v) is 7.17. The molecule has 1 rings (SSSR count). The van der Waals surface area contributed by atoms with E-state index in [0.29, 0.717) is 0 Å². The van der Waals surface area contributed by atoms with Crippen molar-refractivity contribution in [3.05, 3.63) is 34.7 Å². The summed E-state index contributed by atoms with van der Waals surface area (Å²) in [7, 11) is 0. The Hall–Kier alpha value is -1.27. The van der Waals surface area contributed by atoms with Crippen molar-refractivity contribution in [3.8, 4) is 12.1 Å². The van der Waals surface area contributed by atoms with Crippen LogP contribution in [0.2, 0.25) is 0 Å². The van der Waals surface area contributed by atoms with Gasteiger partial charge in [-0.1, -0.05) is 0 Å². The van der Waals surface area contributed by atoms with Crippen molar-refractivity contribution in [2.45, 2.75) is 20.3 Å². The number of nitrogens with zero attached hydrogens (tertiary/aromatic N) is 3. The molecule has 1 aliphatic rings. The molecule has 0 aliphatic carbocycles. The molecule has 110 valence electrons. The zero-order valence-corrected chi connectivity index (χ0v) is 15.2. The van der Waals surface area contributed by atoms with Crippen LogP contribution in [0.5, 0.6) is 0 Å². The van der Waals surface area contributed by atoms with E-state index in [4.69, 9.17) is 10.5 Å². The maximum absolute atomic E-state index is 8.95. The molecule has 0 aromatic rings. The van der Waals surface area contributed by atoms with E-state index < -0.39 is 18.4 Å². The summed E-state index contributed by atoms with van der Waals surface area (Å²) in [6.07, 6.45) is 5.08. The van der Waals surface area contributed by atoms with Crippen molar-refractivity contribution in [1.82, 2.24) is 4.90 Å². The Bertz CT molecular complexity index is 510. The number of halogens is 1. The molecule has 0 radical (unpaired) electrons. The fourth-order valence-electron chi connectivity index (χ4n) is 2.20. The SMILES string of the molecule is CC1=CC(=C(C#N)C#N)C=C(C)N1CCC[I-](C)(C)C. The zero-order chi connectivity index (χ0) is 15.3. The molecule has 0 saturated carbocycles. The van der Waals surface area contributed by atoms with Crippen LogP contribution in [0.3, 0.4) is 0 Å². The minimum atomic E-state index is -1.39. The molecule has 20 heavy (non-hydrogen) atoms. The van der Waals surface area contributed by atoms with Gasteiger partial charge in [-0.3, -0.25) is 0 Å². The van der Waals surface area contributed by atoms with Crippen molar-refractivity contribution < 1.29 is 18.4 Å². The Balaban J connectivity index is 2.84. The molecule has 0 aromatic heterocycles. The molecule has 0 aromatic carbocycles. The summed E-state index contributed by atoms with van der Waals surface area (Å²) in [5.74, 6) is 0. The first kappa shape index (κ1) is 16.8. The minimum absolute atomic E-state index is 0.188. The summed E-state index contributed by atoms with van der Waals surface area (Å²) < 4.78 is 1.35. The summed E-state index contributed by atoms with van der Waals surface area (Å²) >= 11 is -1.39. The molecule has 0 N–H and O–H groups in total. The number of alkyl halides is 4. The maximum atomic E-state index is 8.95. The van der Waals surface area contributed by atoms with Gasteiger partial charge in [0.15, 0.2) is 0 Å². The molecule has 0 fully saturated rings. The first-order valence-corrected chi connectivity index (χ1v) is 14.5. The van der Waals surface area contributed by atoms with Crippen molar-refractivity contribution in [2.75, 3.05) is 25.8 Å². The summed E-state index contributed by atoms with van der Waals surface area (Å²) in [5, 5.41) is 17.9. The molecule has 0 amide bonds. The van der Waals surface area contributed by atoms with Crippen LogP contribution in [0.1, 0.15) is 20.3 Å². The molecule has 1 aliphatic heterocycles. The van der Waals surface area contributed by atoms with E-state index in [0.717, 1.165) is 23.5 Å². The van der Waals surface area contributed by atoms with Gasteiger partial charge in [0.2, 0.25) is 0 Å². The second-order valence-corrected chi connectivity index (χ2v) is 17.9. The molecular formula is C16H23IN3-. The quantitative estimate of drug-likeness (QED) is 0.386. The van der Waals surface area contributed by atoms with Crippen molar-refractivity contribution in [3.63, 3.8) is 0 Å². The Morgan fingerprint density at radius 2 is 1.60 bits per heavy atom. The van der Waals surface area contributed by atoms with Crippen LogP contribution in [0.15, 0.2) is 34.7 Å². The average molecular weight is 384 g/mol. The van der Waals surface area contributed by atoms with Gasteiger partial charge in [-0.05, 0) is 0 Å². The van der Waals surface area contributed by atoms with E-state index in [1.807, 2.05) is 38.1 Å². The molecule has 3 nitrogen and oxygen atoms in total. The number of rotatable bonds is 4. The normalized spacial score (nSPS) is 15.9. The average Bonchev–Trinajstić information content (AvgIpc) is 2.33. The number of nitriles is 2. The fraction of sp³-hybridized carbons (Fsp3) is 0.500.